The molecule has 2 heteroatoms. The molecule has 64 valence electrons. The van der Waals surface area contributed by atoms with Crippen molar-refractivity contribution in [3.8, 4) is 0 Å². The number of hydrogen-bond donors (Lipinski definition) is 2. The van der Waals surface area contributed by atoms with Crippen molar-refractivity contribution in [2.24, 2.45) is 0 Å². The van der Waals surface area contributed by atoms with Gasteiger partial charge in [-0.2, -0.15) is 0 Å². The largest absolute Gasteiger partial charge is 0.392 e. The van der Waals surface area contributed by atoms with Crippen molar-refractivity contribution in [2.75, 3.05) is 11.9 Å². The number of benzene rings is 1. The Morgan fingerprint density at radius 2 is 2.33 bits per heavy atom. The zero-order valence-electron chi connectivity index (χ0n) is 7.01. The Labute approximate surface area is 72.2 Å². The van der Waals surface area contributed by atoms with E-state index in [1.807, 2.05) is 6.07 Å². The molecule has 2 rings (SSSR count). The quantitative estimate of drug-likeness (QED) is 0.658. The third-order valence-electron chi connectivity index (χ3n) is 2.29. The van der Waals surface area contributed by atoms with E-state index in [1.165, 1.54) is 17.7 Å². The lowest BCUT2D eigenvalue weighted by molar-refractivity contribution is 0.281. The van der Waals surface area contributed by atoms with Crippen LogP contribution in [0.1, 0.15) is 17.5 Å². The van der Waals surface area contributed by atoms with Crippen molar-refractivity contribution in [3.63, 3.8) is 0 Å². The van der Waals surface area contributed by atoms with Crippen molar-refractivity contribution >= 4 is 5.69 Å². The highest BCUT2D eigenvalue weighted by atomic mass is 16.3. The molecule has 2 nitrogen and oxygen atoms in total. The fraction of sp³-hybridized carbons (Fsp3) is 0.400. The van der Waals surface area contributed by atoms with Gasteiger partial charge in [0.15, 0.2) is 0 Å². The molecular weight excluding hydrogens is 150 g/mol. The smallest absolute Gasteiger partial charge is 0.0681 e. The molecular formula is C10H13NO. The van der Waals surface area contributed by atoms with E-state index in [9.17, 15) is 0 Å². The second-order valence-electron chi connectivity index (χ2n) is 3.18. The molecule has 0 saturated heterocycles. The molecule has 1 aliphatic heterocycles. The first-order valence-electron chi connectivity index (χ1n) is 4.36. The zero-order chi connectivity index (χ0) is 8.39. The molecule has 0 saturated carbocycles. The molecule has 0 bridgehead atoms. The first kappa shape index (κ1) is 7.62. The summed E-state index contributed by atoms with van der Waals surface area (Å²) in [4.78, 5) is 0. The fourth-order valence-electron chi connectivity index (χ4n) is 1.63. The van der Waals surface area contributed by atoms with Crippen molar-refractivity contribution in [1.82, 2.24) is 0 Å². The fourth-order valence-corrected chi connectivity index (χ4v) is 1.63. The van der Waals surface area contributed by atoms with Crippen LogP contribution in [0.25, 0.3) is 0 Å². The average molecular weight is 163 g/mol. The molecule has 12 heavy (non-hydrogen) atoms. The summed E-state index contributed by atoms with van der Waals surface area (Å²) in [5.74, 6) is 0. The van der Waals surface area contributed by atoms with Gasteiger partial charge in [-0.25, -0.2) is 0 Å². The maximum atomic E-state index is 8.92. The standard InChI is InChI=1S/C10H13NO/c12-7-8-3-4-10-9(6-8)2-1-5-11-10/h3-4,6,11-12H,1-2,5,7H2. The van der Waals surface area contributed by atoms with E-state index in [1.54, 1.807) is 0 Å². The maximum absolute atomic E-state index is 8.92. The van der Waals surface area contributed by atoms with Gasteiger partial charge in [0.25, 0.3) is 0 Å². The van der Waals surface area contributed by atoms with Crippen LogP contribution in [0.2, 0.25) is 0 Å². The molecule has 2 N–H and O–H groups in total. The average Bonchev–Trinajstić information content (AvgIpc) is 2.17. The molecule has 0 atom stereocenters. The molecule has 0 aromatic heterocycles. The zero-order valence-corrected chi connectivity index (χ0v) is 7.01. The van der Waals surface area contributed by atoms with Crippen LogP contribution in [0, 0.1) is 0 Å². The van der Waals surface area contributed by atoms with Crippen LogP contribution in [0.4, 0.5) is 5.69 Å². The second-order valence-corrected chi connectivity index (χ2v) is 3.18. The summed E-state index contributed by atoms with van der Waals surface area (Å²) >= 11 is 0. The Morgan fingerprint density at radius 1 is 1.42 bits per heavy atom. The molecule has 0 radical (unpaired) electrons. The Bertz CT molecular complexity index is 283. The van der Waals surface area contributed by atoms with E-state index in [0.29, 0.717) is 0 Å². The highest BCUT2D eigenvalue weighted by molar-refractivity contribution is 5.54. The first-order valence-corrected chi connectivity index (χ1v) is 4.36. The number of fused-ring (bicyclic) bond motifs is 1. The van der Waals surface area contributed by atoms with Crippen LogP contribution >= 0.6 is 0 Å². The molecule has 1 heterocycles. The van der Waals surface area contributed by atoms with Crippen LogP contribution < -0.4 is 5.32 Å². The Hall–Kier alpha value is -1.02. The molecule has 0 aliphatic carbocycles. The number of aliphatic hydroxyl groups is 1. The summed E-state index contributed by atoms with van der Waals surface area (Å²) in [7, 11) is 0. The van der Waals surface area contributed by atoms with Gasteiger partial charge < -0.3 is 10.4 Å². The first-order chi connectivity index (χ1) is 5.90. The SMILES string of the molecule is OCc1ccc2c(c1)CCCN2. The molecule has 0 fully saturated rings. The monoisotopic (exact) mass is 163 g/mol. The molecule has 1 aromatic carbocycles. The van der Waals surface area contributed by atoms with Gasteiger partial charge >= 0.3 is 0 Å². The van der Waals surface area contributed by atoms with Crippen molar-refractivity contribution < 1.29 is 5.11 Å². The van der Waals surface area contributed by atoms with Gasteiger partial charge in [-0.1, -0.05) is 12.1 Å². The number of nitrogens with one attached hydrogen (secondary N) is 1. The van der Waals surface area contributed by atoms with Crippen LogP contribution in [0.3, 0.4) is 0 Å². The number of aliphatic hydroxyl groups excluding tert-OH is 1. The minimum Gasteiger partial charge on any atom is -0.392 e. The van der Waals surface area contributed by atoms with Crippen LogP contribution in [0.5, 0.6) is 0 Å². The van der Waals surface area contributed by atoms with Crippen LogP contribution in [-0.4, -0.2) is 11.7 Å². The van der Waals surface area contributed by atoms with Crippen molar-refractivity contribution in [2.45, 2.75) is 19.4 Å². The van der Waals surface area contributed by atoms with Gasteiger partial charge in [-0.05, 0) is 30.0 Å². The minimum absolute atomic E-state index is 0.146. The topological polar surface area (TPSA) is 32.3 Å². The Balaban J connectivity index is 2.36. The number of aryl methyl sites for hydroxylation is 1. The molecule has 1 aromatic rings. The predicted octanol–water partition coefficient (Wildman–Crippen LogP) is 1.54. The Morgan fingerprint density at radius 3 is 3.17 bits per heavy atom. The number of hydrogen-bond acceptors (Lipinski definition) is 2. The summed E-state index contributed by atoms with van der Waals surface area (Å²) in [6.45, 7) is 1.22. The van der Waals surface area contributed by atoms with E-state index >= 15 is 0 Å². The van der Waals surface area contributed by atoms with Crippen molar-refractivity contribution in [1.29, 1.82) is 0 Å². The van der Waals surface area contributed by atoms with E-state index < -0.39 is 0 Å². The lowest BCUT2D eigenvalue weighted by atomic mass is 10.0. The molecule has 0 spiro atoms. The van der Waals surface area contributed by atoms with Gasteiger partial charge in [0, 0.05) is 12.2 Å². The number of anilines is 1. The highest BCUT2D eigenvalue weighted by Crippen LogP contribution is 2.22. The summed E-state index contributed by atoms with van der Waals surface area (Å²) in [5.41, 5.74) is 3.59. The number of rotatable bonds is 1. The summed E-state index contributed by atoms with van der Waals surface area (Å²) in [6, 6.07) is 6.11. The van der Waals surface area contributed by atoms with Crippen LogP contribution in [0.15, 0.2) is 18.2 Å². The molecule has 0 unspecified atom stereocenters. The van der Waals surface area contributed by atoms with Crippen LogP contribution in [-0.2, 0) is 13.0 Å². The third kappa shape index (κ3) is 1.30. The van der Waals surface area contributed by atoms with Gasteiger partial charge in [-0.15, -0.1) is 0 Å². The van der Waals surface area contributed by atoms with E-state index in [2.05, 4.69) is 17.4 Å². The van der Waals surface area contributed by atoms with E-state index in [4.69, 9.17) is 5.11 Å². The molecule has 0 amide bonds. The van der Waals surface area contributed by atoms with Gasteiger partial charge in [0.2, 0.25) is 0 Å². The highest BCUT2D eigenvalue weighted by Gasteiger charge is 2.07. The third-order valence-corrected chi connectivity index (χ3v) is 2.29. The van der Waals surface area contributed by atoms with E-state index in [0.717, 1.165) is 18.5 Å². The predicted molar refractivity (Wildman–Crippen MR) is 49.2 cm³/mol. The summed E-state index contributed by atoms with van der Waals surface area (Å²) in [5, 5.41) is 12.3. The van der Waals surface area contributed by atoms with Gasteiger partial charge in [-0.3, -0.25) is 0 Å². The Kier molecular flexibility index (Phi) is 2.00. The van der Waals surface area contributed by atoms with Crippen molar-refractivity contribution in [3.05, 3.63) is 29.3 Å². The summed E-state index contributed by atoms with van der Waals surface area (Å²) in [6.07, 6.45) is 2.33. The summed E-state index contributed by atoms with van der Waals surface area (Å²) < 4.78 is 0. The second kappa shape index (κ2) is 3.15. The minimum atomic E-state index is 0.146. The van der Waals surface area contributed by atoms with E-state index in [-0.39, 0.29) is 6.61 Å². The molecule has 1 aliphatic rings. The maximum Gasteiger partial charge on any atom is 0.0681 e. The lowest BCUT2D eigenvalue weighted by Crippen LogP contribution is -2.11. The lowest BCUT2D eigenvalue weighted by Gasteiger charge is -2.18. The van der Waals surface area contributed by atoms with Gasteiger partial charge in [0.1, 0.15) is 0 Å². The normalized spacial score (nSPS) is 15.1. The van der Waals surface area contributed by atoms with Gasteiger partial charge in [0.05, 0.1) is 6.61 Å².